The number of halogens is 1. The lowest BCUT2D eigenvalue weighted by Gasteiger charge is -2.06. The second-order valence-corrected chi connectivity index (χ2v) is 7.18. The third-order valence-corrected chi connectivity index (χ3v) is 5.02. The topological polar surface area (TPSA) is 60.1 Å². The lowest BCUT2D eigenvalue weighted by atomic mass is 10.2. The molecule has 0 aliphatic carbocycles. The van der Waals surface area contributed by atoms with Gasteiger partial charge in [-0.15, -0.1) is 0 Å². The maximum absolute atomic E-state index is 13.0. The van der Waals surface area contributed by atoms with Crippen LogP contribution in [0.25, 0.3) is 17.1 Å². The molecule has 2 heterocycles. The summed E-state index contributed by atoms with van der Waals surface area (Å²) in [5.74, 6) is 1.10. The second kappa shape index (κ2) is 7.40. The first-order chi connectivity index (χ1) is 13.1. The first kappa shape index (κ1) is 17.5. The number of benzene rings is 2. The third kappa shape index (κ3) is 3.66. The number of amides is 1. The summed E-state index contributed by atoms with van der Waals surface area (Å²) in [7, 11) is 0. The molecule has 6 heteroatoms. The number of hydrogen-bond donors (Lipinski definition) is 1. The predicted octanol–water partition coefficient (Wildman–Crippen LogP) is 5.30. The highest BCUT2D eigenvalue weighted by molar-refractivity contribution is 14.1. The summed E-state index contributed by atoms with van der Waals surface area (Å²) >= 11 is 2.20. The van der Waals surface area contributed by atoms with Crippen molar-refractivity contribution in [2.45, 2.75) is 6.92 Å². The van der Waals surface area contributed by atoms with Gasteiger partial charge in [-0.05, 0) is 65.9 Å². The van der Waals surface area contributed by atoms with Gasteiger partial charge in [-0.3, -0.25) is 4.79 Å². The van der Waals surface area contributed by atoms with Crippen LogP contribution in [0.5, 0.6) is 0 Å². The molecular weight excluding hydrogens is 453 g/mol. The van der Waals surface area contributed by atoms with E-state index in [2.05, 4.69) is 33.0 Å². The Morgan fingerprint density at radius 1 is 1.04 bits per heavy atom. The summed E-state index contributed by atoms with van der Waals surface area (Å²) < 4.78 is 8.39. The van der Waals surface area contributed by atoms with Crippen molar-refractivity contribution >= 4 is 34.2 Å². The van der Waals surface area contributed by atoms with E-state index in [0.717, 1.165) is 20.7 Å². The van der Waals surface area contributed by atoms with Gasteiger partial charge in [0.05, 0.1) is 16.9 Å². The van der Waals surface area contributed by atoms with Crippen molar-refractivity contribution in [3.05, 3.63) is 87.8 Å². The van der Waals surface area contributed by atoms with Crippen LogP contribution in [0, 0.1) is 10.5 Å². The van der Waals surface area contributed by atoms with Gasteiger partial charge in [0.2, 0.25) is 0 Å². The Morgan fingerprint density at radius 3 is 2.48 bits per heavy atom. The molecule has 0 radical (unpaired) electrons. The molecule has 0 aliphatic rings. The van der Waals surface area contributed by atoms with E-state index in [-0.39, 0.29) is 5.91 Å². The Bertz CT molecular complexity index is 1100. The van der Waals surface area contributed by atoms with Gasteiger partial charge in [-0.2, -0.15) is 5.10 Å². The summed E-state index contributed by atoms with van der Waals surface area (Å²) in [6.07, 6.45) is 1.73. The smallest absolute Gasteiger partial charge is 0.259 e. The minimum atomic E-state index is -0.231. The highest BCUT2D eigenvalue weighted by Gasteiger charge is 2.21. The summed E-state index contributed by atoms with van der Waals surface area (Å²) in [6.45, 7) is 1.86. The largest absolute Gasteiger partial charge is 0.460 e. The molecule has 1 amide bonds. The fraction of sp³-hybridized carbons (Fsp3) is 0.0476. The number of rotatable bonds is 4. The molecule has 0 atom stereocenters. The maximum atomic E-state index is 13.0. The first-order valence-corrected chi connectivity index (χ1v) is 9.47. The Hall–Kier alpha value is -2.87. The molecular formula is C21H16IN3O2. The molecule has 2 aromatic carbocycles. The first-order valence-electron chi connectivity index (χ1n) is 8.39. The second-order valence-electron chi connectivity index (χ2n) is 6.02. The van der Waals surface area contributed by atoms with E-state index in [1.807, 2.05) is 73.7 Å². The van der Waals surface area contributed by atoms with Crippen molar-refractivity contribution in [3.63, 3.8) is 0 Å². The highest BCUT2D eigenvalue weighted by atomic mass is 127. The summed E-state index contributed by atoms with van der Waals surface area (Å²) in [5, 5.41) is 7.58. The summed E-state index contributed by atoms with van der Waals surface area (Å²) in [4.78, 5) is 13.0. The van der Waals surface area contributed by atoms with Crippen LogP contribution >= 0.6 is 22.6 Å². The van der Waals surface area contributed by atoms with E-state index in [9.17, 15) is 4.79 Å². The molecule has 0 unspecified atom stereocenters. The number of carbonyl (C=O) groups excluding carboxylic acids is 1. The SMILES string of the molecule is Cc1ccc(-c2nn(-c3ccccc3)cc2C(=O)Nc2ccccc2I)o1. The van der Waals surface area contributed by atoms with Crippen molar-refractivity contribution < 1.29 is 9.21 Å². The number of carbonyl (C=O) groups is 1. The highest BCUT2D eigenvalue weighted by Crippen LogP contribution is 2.27. The molecule has 4 aromatic rings. The molecule has 0 spiro atoms. The molecule has 0 fully saturated rings. The van der Waals surface area contributed by atoms with E-state index in [4.69, 9.17) is 4.42 Å². The van der Waals surface area contributed by atoms with Crippen molar-refractivity contribution in [1.82, 2.24) is 9.78 Å². The van der Waals surface area contributed by atoms with Gasteiger partial charge >= 0.3 is 0 Å². The van der Waals surface area contributed by atoms with Crippen LogP contribution in [-0.4, -0.2) is 15.7 Å². The average Bonchev–Trinajstić information content (AvgIpc) is 3.31. The van der Waals surface area contributed by atoms with Crippen LogP contribution in [0.15, 0.2) is 77.3 Å². The maximum Gasteiger partial charge on any atom is 0.259 e. The van der Waals surface area contributed by atoms with Gasteiger partial charge in [0, 0.05) is 9.77 Å². The Morgan fingerprint density at radius 2 is 1.78 bits per heavy atom. The van der Waals surface area contributed by atoms with E-state index in [0.29, 0.717) is 17.0 Å². The number of anilines is 1. The number of nitrogens with one attached hydrogen (secondary N) is 1. The van der Waals surface area contributed by atoms with Crippen molar-refractivity contribution in [1.29, 1.82) is 0 Å². The van der Waals surface area contributed by atoms with Gasteiger partial charge in [-0.25, -0.2) is 4.68 Å². The van der Waals surface area contributed by atoms with Crippen LogP contribution in [0.3, 0.4) is 0 Å². The van der Waals surface area contributed by atoms with E-state index in [1.165, 1.54) is 0 Å². The number of furan rings is 1. The van der Waals surface area contributed by atoms with Crippen LogP contribution in [-0.2, 0) is 0 Å². The van der Waals surface area contributed by atoms with Crippen molar-refractivity contribution in [3.8, 4) is 17.1 Å². The van der Waals surface area contributed by atoms with Gasteiger partial charge in [0.1, 0.15) is 11.5 Å². The number of aryl methyl sites for hydroxylation is 1. The molecule has 27 heavy (non-hydrogen) atoms. The molecule has 2 aromatic heterocycles. The number of aromatic nitrogens is 2. The van der Waals surface area contributed by atoms with E-state index in [1.54, 1.807) is 10.9 Å². The van der Waals surface area contributed by atoms with E-state index >= 15 is 0 Å². The van der Waals surface area contributed by atoms with Crippen LogP contribution in [0.2, 0.25) is 0 Å². The van der Waals surface area contributed by atoms with Crippen molar-refractivity contribution in [2.24, 2.45) is 0 Å². The number of para-hydroxylation sites is 2. The molecule has 0 bridgehead atoms. The van der Waals surface area contributed by atoms with Gasteiger partial charge in [0.15, 0.2) is 5.76 Å². The average molecular weight is 469 g/mol. The minimum Gasteiger partial charge on any atom is -0.460 e. The molecule has 0 saturated carbocycles. The predicted molar refractivity (Wildman–Crippen MR) is 113 cm³/mol. The monoisotopic (exact) mass is 469 g/mol. The minimum absolute atomic E-state index is 0.231. The Balaban J connectivity index is 1.77. The Labute approximate surface area is 170 Å². The summed E-state index contributed by atoms with van der Waals surface area (Å²) in [6, 6.07) is 21.0. The molecule has 1 N–H and O–H groups in total. The van der Waals surface area contributed by atoms with Gasteiger partial charge < -0.3 is 9.73 Å². The lowest BCUT2D eigenvalue weighted by molar-refractivity contribution is 0.102. The van der Waals surface area contributed by atoms with Gasteiger partial charge in [-0.1, -0.05) is 30.3 Å². The zero-order valence-corrected chi connectivity index (χ0v) is 16.7. The molecule has 0 saturated heterocycles. The Kier molecular flexibility index (Phi) is 4.81. The van der Waals surface area contributed by atoms with Crippen LogP contribution in [0.1, 0.15) is 16.1 Å². The molecule has 4 rings (SSSR count). The quantitative estimate of drug-likeness (QED) is 0.413. The number of nitrogens with zero attached hydrogens (tertiary/aromatic N) is 2. The number of hydrogen-bond acceptors (Lipinski definition) is 3. The molecule has 0 aliphatic heterocycles. The van der Waals surface area contributed by atoms with Crippen LogP contribution < -0.4 is 5.32 Å². The fourth-order valence-corrected chi connectivity index (χ4v) is 3.27. The zero-order chi connectivity index (χ0) is 18.8. The summed E-state index contributed by atoms with van der Waals surface area (Å²) in [5.41, 5.74) is 2.59. The third-order valence-electron chi connectivity index (χ3n) is 4.08. The zero-order valence-electron chi connectivity index (χ0n) is 14.5. The van der Waals surface area contributed by atoms with Gasteiger partial charge in [0.25, 0.3) is 5.91 Å². The standard InChI is InChI=1S/C21H16IN3O2/c1-14-11-12-19(27-14)20-16(13-25(24-20)15-7-3-2-4-8-15)21(26)23-18-10-6-5-9-17(18)22/h2-13H,1H3,(H,23,26). The lowest BCUT2D eigenvalue weighted by Crippen LogP contribution is -2.13. The van der Waals surface area contributed by atoms with Crippen molar-refractivity contribution in [2.75, 3.05) is 5.32 Å². The van der Waals surface area contributed by atoms with E-state index < -0.39 is 0 Å². The molecule has 134 valence electrons. The normalized spacial score (nSPS) is 10.7. The molecule has 5 nitrogen and oxygen atoms in total. The van der Waals surface area contributed by atoms with Crippen LogP contribution in [0.4, 0.5) is 5.69 Å². The fourth-order valence-electron chi connectivity index (χ4n) is 2.75.